The molecule has 6 nitrogen and oxygen atoms in total. The Morgan fingerprint density at radius 3 is 2.65 bits per heavy atom. The van der Waals surface area contributed by atoms with Crippen molar-refractivity contribution < 1.29 is 14.4 Å². The summed E-state index contributed by atoms with van der Waals surface area (Å²) < 4.78 is 9.93. The van der Waals surface area contributed by atoms with Crippen LogP contribution < -0.4 is 5.32 Å². The van der Waals surface area contributed by atoms with E-state index in [-0.39, 0.29) is 17.3 Å². The molecule has 7 heteroatoms. The molecule has 0 aliphatic carbocycles. The van der Waals surface area contributed by atoms with Crippen molar-refractivity contribution in [3.8, 4) is 0 Å². The van der Waals surface area contributed by atoms with E-state index in [4.69, 9.17) is 21.1 Å². The molecule has 0 unspecified atom stereocenters. The molecular weight excluding hydrogens is 248 g/mol. The van der Waals surface area contributed by atoms with Gasteiger partial charge in [0, 0.05) is 14.2 Å². The summed E-state index contributed by atoms with van der Waals surface area (Å²) in [6.45, 7) is 0.286. The van der Waals surface area contributed by atoms with Crippen LogP contribution in [0.4, 0.5) is 11.4 Å². The minimum atomic E-state index is -0.528. The van der Waals surface area contributed by atoms with Gasteiger partial charge in [0.25, 0.3) is 0 Å². The monoisotopic (exact) mass is 260 g/mol. The van der Waals surface area contributed by atoms with E-state index < -0.39 is 11.2 Å². The Balaban J connectivity index is 2.84. The summed E-state index contributed by atoms with van der Waals surface area (Å²) >= 11 is 5.76. The lowest BCUT2D eigenvalue weighted by Crippen LogP contribution is -2.23. The molecular formula is C10H13ClN2O4. The maximum Gasteiger partial charge on any atom is 0.310 e. The van der Waals surface area contributed by atoms with Crippen LogP contribution in [0, 0.1) is 10.1 Å². The van der Waals surface area contributed by atoms with Gasteiger partial charge in [-0.1, -0.05) is 17.7 Å². The number of nitro benzene ring substituents is 1. The molecule has 0 heterocycles. The predicted molar refractivity (Wildman–Crippen MR) is 64.4 cm³/mol. The highest BCUT2D eigenvalue weighted by Gasteiger charge is 2.18. The molecule has 0 saturated heterocycles. The van der Waals surface area contributed by atoms with Crippen LogP contribution in [0.3, 0.4) is 0 Å². The number of rotatable bonds is 6. The van der Waals surface area contributed by atoms with Crippen molar-refractivity contribution in [1.82, 2.24) is 0 Å². The second kappa shape index (κ2) is 6.39. The predicted octanol–water partition coefficient (Wildman–Crippen LogP) is 2.28. The van der Waals surface area contributed by atoms with E-state index in [1.165, 1.54) is 20.3 Å². The standard InChI is InChI=1S/C10H13ClN2O4/c1-16-9(17-2)6-12-8-5-3-4-7(11)10(8)13(14)15/h3-5,9,12H,6H2,1-2H3. The fourth-order valence-corrected chi connectivity index (χ4v) is 1.54. The number of anilines is 1. The quantitative estimate of drug-likeness (QED) is 0.483. The first kappa shape index (κ1) is 13.7. The Kier molecular flexibility index (Phi) is 5.14. The third-order valence-corrected chi connectivity index (χ3v) is 2.46. The minimum absolute atomic E-state index is 0.0892. The lowest BCUT2D eigenvalue weighted by molar-refractivity contribution is -0.383. The third-order valence-electron chi connectivity index (χ3n) is 2.15. The molecule has 0 atom stereocenters. The normalized spacial score (nSPS) is 10.6. The number of nitro groups is 1. The fourth-order valence-electron chi connectivity index (χ4n) is 1.30. The van der Waals surface area contributed by atoms with Crippen molar-refractivity contribution in [2.45, 2.75) is 6.29 Å². The number of ether oxygens (including phenoxy) is 2. The summed E-state index contributed by atoms with van der Waals surface area (Å²) in [5.41, 5.74) is 0.182. The molecule has 0 aromatic heterocycles. The van der Waals surface area contributed by atoms with E-state index >= 15 is 0 Å². The summed E-state index contributed by atoms with van der Waals surface area (Å²) in [6, 6.07) is 4.67. The maximum absolute atomic E-state index is 10.8. The highest BCUT2D eigenvalue weighted by molar-refractivity contribution is 6.33. The number of benzene rings is 1. The number of methoxy groups -OCH3 is 2. The van der Waals surface area contributed by atoms with E-state index in [1.54, 1.807) is 12.1 Å². The molecule has 0 spiro atoms. The Labute approximate surface area is 104 Å². The van der Waals surface area contributed by atoms with Gasteiger partial charge in [-0.3, -0.25) is 10.1 Å². The van der Waals surface area contributed by atoms with Gasteiger partial charge in [0.2, 0.25) is 0 Å². The number of para-hydroxylation sites is 1. The van der Waals surface area contributed by atoms with Gasteiger partial charge in [-0.05, 0) is 12.1 Å². The van der Waals surface area contributed by atoms with Crippen molar-refractivity contribution in [3.05, 3.63) is 33.3 Å². The van der Waals surface area contributed by atoms with Crippen LogP contribution in [0.2, 0.25) is 5.02 Å². The molecule has 0 aliphatic rings. The van der Waals surface area contributed by atoms with Crippen molar-refractivity contribution in [1.29, 1.82) is 0 Å². The number of hydrogen-bond donors (Lipinski definition) is 1. The zero-order valence-electron chi connectivity index (χ0n) is 9.47. The molecule has 1 aromatic carbocycles. The second-order valence-electron chi connectivity index (χ2n) is 3.17. The van der Waals surface area contributed by atoms with Crippen molar-refractivity contribution >= 4 is 23.0 Å². The van der Waals surface area contributed by atoms with Crippen molar-refractivity contribution in [2.24, 2.45) is 0 Å². The SMILES string of the molecule is COC(CNc1cccc(Cl)c1[N+](=O)[O-])OC. The van der Waals surface area contributed by atoms with E-state index in [0.29, 0.717) is 5.69 Å². The average Bonchev–Trinajstić information content (AvgIpc) is 2.29. The largest absolute Gasteiger partial charge is 0.374 e. The highest BCUT2D eigenvalue weighted by atomic mass is 35.5. The average molecular weight is 261 g/mol. The van der Waals surface area contributed by atoms with Crippen molar-refractivity contribution in [3.63, 3.8) is 0 Å². The first-order valence-electron chi connectivity index (χ1n) is 4.82. The molecule has 0 fully saturated rings. The van der Waals surface area contributed by atoms with Gasteiger partial charge in [-0.2, -0.15) is 0 Å². The molecule has 1 aromatic rings. The fraction of sp³-hybridized carbons (Fsp3) is 0.400. The number of hydrogen-bond acceptors (Lipinski definition) is 5. The Bertz CT molecular complexity index is 396. The van der Waals surface area contributed by atoms with Gasteiger partial charge >= 0.3 is 5.69 Å². The van der Waals surface area contributed by atoms with Gasteiger partial charge in [0.1, 0.15) is 10.7 Å². The van der Waals surface area contributed by atoms with Gasteiger partial charge < -0.3 is 14.8 Å². The van der Waals surface area contributed by atoms with Crippen molar-refractivity contribution in [2.75, 3.05) is 26.1 Å². The first-order valence-corrected chi connectivity index (χ1v) is 5.20. The zero-order chi connectivity index (χ0) is 12.8. The number of halogens is 1. The highest BCUT2D eigenvalue weighted by Crippen LogP contribution is 2.32. The molecule has 1 rings (SSSR count). The van der Waals surface area contributed by atoms with Crippen LogP contribution in [-0.4, -0.2) is 32.0 Å². The van der Waals surface area contributed by atoms with Crippen LogP contribution in [0.5, 0.6) is 0 Å². The maximum atomic E-state index is 10.8. The molecule has 17 heavy (non-hydrogen) atoms. The zero-order valence-corrected chi connectivity index (χ0v) is 10.2. The van der Waals surface area contributed by atoms with Crippen LogP contribution in [0.15, 0.2) is 18.2 Å². The molecule has 0 radical (unpaired) electrons. The summed E-state index contributed by atoms with van der Waals surface area (Å²) in [4.78, 5) is 10.3. The molecule has 0 saturated carbocycles. The van der Waals surface area contributed by atoms with Gasteiger partial charge in [-0.15, -0.1) is 0 Å². The van der Waals surface area contributed by atoms with Gasteiger partial charge in [0.15, 0.2) is 6.29 Å². The second-order valence-corrected chi connectivity index (χ2v) is 3.58. The summed E-state index contributed by atoms with van der Waals surface area (Å²) in [5, 5.41) is 13.8. The molecule has 0 bridgehead atoms. The molecule has 1 N–H and O–H groups in total. The third kappa shape index (κ3) is 3.55. The Morgan fingerprint density at radius 1 is 1.47 bits per heavy atom. The van der Waals surface area contributed by atoms with E-state index in [0.717, 1.165) is 0 Å². The van der Waals surface area contributed by atoms with E-state index in [2.05, 4.69) is 5.32 Å². The summed E-state index contributed by atoms with van der Waals surface area (Å²) in [7, 11) is 2.98. The summed E-state index contributed by atoms with van der Waals surface area (Å²) in [6.07, 6.45) is -0.478. The first-order chi connectivity index (χ1) is 8.10. The smallest absolute Gasteiger partial charge is 0.310 e. The molecule has 0 aliphatic heterocycles. The minimum Gasteiger partial charge on any atom is -0.374 e. The number of nitrogens with zero attached hydrogens (tertiary/aromatic N) is 1. The van der Waals surface area contributed by atoms with E-state index in [9.17, 15) is 10.1 Å². The van der Waals surface area contributed by atoms with Crippen LogP contribution in [-0.2, 0) is 9.47 Å². The van der Waals surface area contributed by atoms with Crippen LogP contribution in [0.25, 0.3) is 0 Å². The van der Waals surface area contributed by atoms with Gasteiger partial charge in [0.05, 0.1) is 11.5 Å². The van der Waals surface area contributed by atoms with Crippen LogP contribution in [0.1, 0.15) is 0 Å². The summed E-state index contributed by atoms with van der Waals surface area (Å²) in [5.74, 6) is 0. The number of nitrogens with one attached hydrogen (secondary N) is 1. The Morgan fingerprint density at radius 2 is 2.12 bits per heavy atom. The van der Waals surface area contributed by atoms with Gasteiger partial charge in [-0.25, -0.2) is 0 Å². The molecule has 94 valence electrons. The Hall–Kier alpha value is -1.37. The topological polar surface area (TPSA) is 73.6 Å². The van der Waals surface area contributed by atoms with E-state index in [1.807, 2.05) is 0 Å². The lowest BCUT2D eigenvalue weighted by atomic mass is 10.2. The lowest BCUT2D eigenvalue weighted by Gasteiger charge is -2.15. The molecule has 0 amide bonds. The van der Waals surface area contributed by atoms with Crippen LogP contribution >= 0.6 is 11.6 Å².